The van der Waals surface area contributed by atoms with Crippen molar-refractivity contribution >= 4 is 17.9 Å². The molecule has 5 nitrogen and oxygen atoms in total. The zero-order chi connectivity index (χ0) is 15.0. The SMILES string of the molecule is C[Si](C)(C)CCOCn1ccc(C2(S(C)(=O)=O)CC2)n1. The summed E-state index contributed by atoms with van der Waals surface area (Å²) in [5, 5.41) is 4.37. The summed E-state index contributed by atoms with van der Waals surface area (Å²) < 4.78 is 30.2. The minimum absolute atomic E-state index is 0.393. The van der Waals surface area contributed by atoms with Crippen molar-refractivity contribution < 1.29 is 13.2 Å². The first-order chi connectivity index (χ1) is 9.14. The van der Waals surface area contributed by atoms with Crippen LogP contribution in [-0.4, -0.2) is 39.1 Å². The molecular formula is C13H24N2O3SSi. The van der Waals surface area contributed by atoms with Crippen LogP contribution in [0.15, 0.2) is 12.3 Å². The molecule has 0 unspecified atom stereocenters. The Morgan fingerprint density at radius 3 is 2.55 bits per heavy atom. The molecule has 1 aliphatic carbocycles. The highest BCUT2D eigenvalue weighted by molar-refractivity contribution is 7.91. The van der Waals surface area contributed by atoms with Crippen LogP contribution in [-0.2, 0) is 26.1 Å². The Morgan fingerprint density at radius 1 is 1.40 bits per heavy atom. The largest absolute Gasteiger partial charge is 0.360 e. The van der Waals surface area contributed by atoms with Crippen LogP contribution >= 0.6 is 0 Å². The van der Waals surface area contributed by atoms with Crippen LogP contribution in [0.5, 0.6) is 0 Å². The van der Waals surface area contributed by atoms with Crippen LogP contribution in [0.25, 0.3) is 0 Å². The third-order valence-corrected chi connectivity index (χ3v) is 7.48. The van der Waals surface area contributed by atoms with Crippen LogP contribution in [0.3, 0.4) is 0 Å². The van der Waals surface area contributed by atoms with Gasteiger partial charge in [-0.05, 0) is 25.0 Å². The zero-order valence-electron chi connectivity index (χ0n) is 12.7. The van der Waals surface area contributed by atoms with Crippen molar-refractivity contribution in [1.82, 2.24) is 9.78 Å². The summed E-state index contributed by atoms with van der Waals surface area (Å²) in [6.45, 7) is 8.06. The standard InChI is InChI=1S/C13H24N2O3SSi/c1-19(16,17)13(6-7-13)12-5-8-15(14-12)11-18-9-10-20(2,3)4/h5,8H,6-7,9-11H2,1-4H3. The second-order valence-corrected chi connectivity index (χ2v) is 14.8. The predicted octanol–water partition coefficient (Wildman–Crippen LogP) is 2.23. The molecule has 7 heteroatoms. The second kappa shape index (κ2) is 5.27. The Morgan fingerprint density at radius 2 is 2.05 bits per heavy atom. The quantitative estimate of drug-likeness (QED) is 0.572. The van der Waals surface area contributed by atoms with Gasteiger partial charge in [0.05, 0.1) is 5.69 Å². The number of hydrogen-bond donors (Lipinski definition) is 0. The first-order valence-electron chi connectivity index (χ1n) is 6.95. The Hall–Kier alpha value is -0.663. The van der Waals surface area contributed by atoms with Crippen LogP contribution in [0.2, 0.25) is 25.7 Å². The van der Waals surface area contributed by atoms with Crippen LogP contribution in [0.1, 0.15) is 18.5 Å². The maximum absolute atomic E-state index is 11.8. The molecule has 0 N–H and O–H groups in total. The van der Waals surface area contributed by atoms with Gasteiger partial charge in [-0.3, -0.25) is 0 Å². The Labute approximate surface area is 122 Å². The van der Waals surface area contributed by atoms with Crippen LogP contribution in [0.4, 0.5) is 0 Å². The molecule has 0 amide bonds. The van der Waals surface area contributed by atoms with Crippen molar-refractivity contribution in [3.63, 3.8) is 0 Å². The number of rotatable bonds is 7. The van der Waals surface area contributed by atoms with Crippen LogP contribution < -0.4 is 0 Å². The number of hydrogen-bond acceptors (Lipinski definition) is 4. The van der Waals surface area contributed by atoms with E-state index in [0.29, 0.717) is 25.3 Å². The van der Waals surface area contributed by atoms with Crippen molar-refractivity contribution in [2.75, 3.05) is 12.9 Å². The highest BCUT2D eigenvalue weighted by atomic mass is 32.2. The molecule has 1 fully saturated rings. The maximum Gasteiger partial charge on any atom is 0.158 e. The van der Waals surface area contributed by atoms with E-state index in [1.54, 1.807) is 16.9 Å². The molecule has 114 valence electrons. The molecule has 0 radical (unpaired) electrons. The van der Waals surface area contributed by atoms with Gasteiger partial charge in [0.1, 0.15) is 11.5 Å². The first kappa shape index (κ1) is 15.7. The highest BCUT2D eigenvalue weighted by Gasteiger charge is 2.55. The van der Waals surface area contributed by atoms with Crippen molar-refractivity contribution in [3.8, 4) is 0 Å². The van der Waals surface area contributed by atoms with E-state index in [9.17, 15) is 8.42 Å². The molecule has 0 aromatic carbocycles. The monoisotopic (exact) mass is 316 g/mol. The number of ether oxygens (including phenoxy) is 1. The van der Waals surface area contributed by atoms with E-state index in [2.05, 4.69) is 24.7 Å². The molecule has 1 aromatic heterocycles. The van der Waals surface area contributed by atoms with Crippen molar-refractivity contribution in [1.29, 1.82) is 0 Å². The van der Waals surface area contributed by atoms with Gasteiger partial charge < -0.3 is 4.74 Å². The van der Waals surface area contributed by atoms with Gasteiger partial charge in [-0.1, -0.05) is 19.6 Å². The minimum Gasteiger partial charge on any atom is -0.360 e. The molecule has 0 bridgehead atoms. The fourth-order valence-corrected chi connectivity index (χ4v) is 4.23. The Bertz CT molecular complexity index is 571. The lowest BCUT2D eigenvalue weighted by Crippen LogP contribution is -2.22. The summed E-state index contributed by atoms with van der Waals surface area (Å²) in [5.41, 5.74) is 0.661. The molecule has 1 saturated carbocycles. The van der Waals surface area contributed by atoms with Crippen molar-refractivity contribution in [2.45, 2.75) is 50.0 Å². The first-order valence-corrected chi connectivity index (χ1v) is 12.6. The normalized spacial score (nSPS) is 18.2. The molecule has 0 atom stereocenters. The third kappa shape index (κ3) is 3.50. The molecule has 1 aliphatic rings. The summed E-state index contributed by atoms with van der Waals surface area (Å²) in [7, 11) is -4.16. The van der Waals surface area contributed by atoms with Gasteiger partial charge in [0.25, 0.3) is 0 Å². The summed E-state index contributed by atoms with van der Waals surface area (Å²) >= 11 is 0. The molecule has 2 rings (SSSR count). The third-order valence-electron chi connectivity index (χ3n) is 3.74. The van der Waals surface area contributed by atoms with E-state index < -0.39 is 22.7 Å². The van der Waals surface area contributed by atoms with Gasteiger partial charge in [0.15, 0.2) is 9.84 Å². The Kier molecular flexibility index (Phi) is 4.14. The highest BCUT2D eigenvalue weighted by Crippen LogP contribution is 2.51. The van der Waals surface area contributed by atoms with E-state index in [-0.39, 0.29) is 0 Å². The van der Waals surface area contributed by atoms with Crippen molar-refractivity contribution in [2.24, 2.45) is 0 Å². The maximum atomic E-state index is 11.8. The van der Waals surface area contributed by atoms with Gasteiger partial charge in [-0.2, -0.15) is 5.10 Å². The molecule has 1 heterocycles. The van der Waals surface area contributed by atoms with Gasteiger partial charge >= 0.3 is 0 Å². The zero-order valence-corrected chi connectivity index (χ0v) is 14.5. The van der Waals surface area contributed by atoms with E-state index in [0.717, 1.165) is 12.7 Å². The smallest absolute Gasteiger partial charge is 0.158 e. The fourth-order valence-electron chi connectivity index (χ4n) is 2.14. The average Bonchev–Trinajstić information content (AvgIpc) is 2.98. The lowest BCUT2D eigenvalue weighted by Gasteiger charge is -2.15. The molecular weight excluding hydrogens is 292 g/mol. The summed E-state index contributed by atoms with van der Waals surface area (Å²) in [4.78, 5) is 0. The second-order valence-electron chi connectivity index (χ2n) is 6.85. The van der Waals surface area contributed by atoms with Gasteiger partial charge in [0, 0.05) is 27.1 Å². The van der Waals surface area contributed by atoms with Crippen molar-refractivity contribution in [3.05, 3.63) is 18.0 Å². The number of nitrogens with zero attached hydrogens (tertiary/aromatic N) is 2. The molecule has 0 saturated heterocycles. The van der Waals surface area contributed by atoms with Gasteiger partial charge in [-0.25, -0.2) is 13.1 Å². The van der Waals surface area contributed by atoms with Crippen LogP contribution in [0, 0.1) is 0 Å². The minimum atomic E-state index is -3.09. The van der Waals surface area contributed by atoms with Gasteiger partial charge in [-0.15, -0.1) is 0 Å². The molecule has 0 aliphatic heterocycles. The lowest BCUT2D eigenvalue weighted by molar-refractivity contribution is 0.0782. The molecule has 0 spiro atoms. The molecule has 20 heavy (non-hydrogen) atoms. The molecule has 1 aromatic rings. The topological polar surface area (TPSA) is 61.2 Å². The van der Waals surface area contributed by atoms with E-state index in [1.807, 2.05) is 0 Å². The lowest BCUT2D eigenvalue weighted by atomic mass is 10.3. The number of sulfone groups is 1. The number of aromatic nitrogens is 2. The van der Waals surface area contributed by atoms with E-state index >= 15 is 0 Å². The summed E-state index contributed by atoms with van der Waals surface area (Å²) in [5.74, 6) is 0. The average molecular weight is 316 g/mol. The Balaban J connectivity index is 1.91. The van der Waals surface area contributed by atoms with E-state index in [4.69, 9.17) is 4.74 Å². The van der Waals surface area contributed by atoms with Gasteiger partial charge in [0.2, 0.25) is 0 Å². The fraction of sp³-hybridized carbons (Fsp3) is 0.769. The summed E-state index contributed by atoms with van der Waals surface area (Å²) in [6, 6.07) is 2.92. The van der Waals surface area contributed by atoms with E-state index in [1.165, 1.54) is 6.26 Å². The summed E-state index contributed by atoms with van der Waals surface area (Å²) in [6.07, 6.45) is 4.46. The predicted molar refractivity (Wildman–Crippen MR) is 82.1 cm³/mol.